The third-order valence-electron chi connectivity index (χ3n) is 6.34. The summed E-state index contributed by atoms with van der Waals surface area (Å²) in [7, 11) is -3.16. The number of nitrogen functional groups attached to an aromatic ring is 1. The van der Waals surface area contributed by atoms with Gasteiger partial charge in [0.25, 0.3) is 0 Å². The van der Waals surface area contributed by atoms with Crippen molar-refractivity contribution < 1.29 is 13.2 Å². The van der Waals surface area contributed by atoms with Crippen LogP contribution in [0, 0.1) is 0 Å². The normalized spacial score (nSPS) is 18.4. The maximum Gasteiger partial charge on any atom is 0.219 e. The zero-order valence-electron chi connectivity index (χ0n) is 19.9. The summed E-state index contributed by atoms with van der Waals surface area (Å²) >= 11 is 0. The highest BCUT2D eigenvalue weighted by Crippen LogP contribution is 2.27. The zero-order chi connectivity index (χ0) is 24.4. The third kappa shape index (κ3) is 5.22. The molecule has 3 aromatic rings. The van der Waals surface area contributed by atoms with Crippen LogP contribution in [0.1, 0.15) is 19.0 Å². The molecule has 13 heteroatoms. The molecule has 2 aliphatic heterocycles. The number of nitrogens with zero attached hydrogens (tertiary/aromatic N) is 8. The predicted octanol–water partition coefficient (Wildman–Crippen LogP) is 0.463. The minimum atomic E-state index is -3.16. The summed E-state index contributed by atoms with van der Waals surface area (Å²) in [5.41, 5.74) is 8.97. The van der Waals surface area contributed by atoms with E-state index >= 15 is 0 Å². The lowest BCUT2D eigenvalue weighted by Gasteiger charge is -2.33. The molecule has 2 saturated heterocycles. The highest BCUT2D eigenvalue weighted by Gasteiger charge is 2.27. The Bertz CT molecular complexity index is 1270. The van der Waals surface area contributed by atoms with Crippen LogP contribution >= 0.6 is 0 Å². The van der Waals surface area contributed by atoms with Gasteiger partial charge in [0.15, 0.2) is 5.82 Å². The van der Waals surface area contributed by atoms with Gasteiger partial charge in [-0.15, -0.1) is 0 Å². The van der Waals surface area contributed by atoms with Gasteiger partial charge in [-0.25, -0.2) is 27.9 Å². The molecule has 2 N–H and O–H groups in total. The summed E-state index contributed by atoms with van der Waals surface area (Å²) in [6.07, 6.45) is 5.84. The second-order valence-electron chi connectivity index (χ2n) is 8.84. The van der Waals surface area contributed by atoms with Crippen molar-refractivity contribution in [2.75, 3.05) is 68.9 Å². The van der Waals surface area contributed by atoms with Crippen molar-refractivity contribution in [3.8, 4) is 11.3 Å². The fraction of sp³-hybridized carbons (Fsp3) is 0.545. The Balaban J connectivity index is 1.40. The molecule has 12 nitrogen and oxygen atoms in total. The quantitative estimate of drug-likeness (QED) is 0.486. The molecule has 188 valence electrons. The molecule has 0 bridgehead atoms. The van der Waals surface area contributed by atoms with Crippen LogP contribution in [0.15, 0.2) is 24.7 Å². The third-order valence-corrected chi connectivity index (χ3v) is 8.41. The molecule has 0 unspecified atom stereocenters. The number of rotatable bonds is 7. The maximum atomic E-state index is 12.4. The molecule has 5 heterocycles. The zero-order valence-corrected chi connectivity index (χ0v) is 20.7. The largest absolute Gasteiger partial charge is 0.378 e. The highest BCUT2D eigenvalue weighted by atomic mass is 32.2. The van der Waals surface area contributed by atoms with Gasteiger partial charge in [0.2, 0.25) is 16.0 Å². The van der Waals surface area contributed by atoms with Crippen molar-refractivity contribution in [2.24, 2.45) is 0 Å². The summed E-state index contributed by atoms with van der Waals surface area (Å²) in [5, 5.41) is 4.84. The van der Waals surface area contributed by atoms with Crippen molar-refractivity contribution >= 4 is 27.3 Å². The maximum absolute atomic E-state index is 12.4. The van der Waals surface area contributed by atoms with Crippen molar-refractivity contribution in [3.05, 3.63) is 30.4 Å². The lowest BCUT2D eigenvalue weighted by molar-refractivity contribution is 0.122. The second kappa shape index (κ2) is 10.0. The number of sulfonamides is 1. The van der Waals surface area contributed by atoms with Crippen molar-refractivity contribution in [1.29, 1.82) is 0 Å². The number of hydrogen-bond acceptors (Lipinski definition) is 10. The average Bonchev–Trinajstić information content (AvgIpc) is 3.27. The second-order valence-corrected chi connectivity index (χ2v) is 10.9. The lowest BCUT2D eigenvalue weighted by Crippen LogP contribution is -2.48. The molecule has 2 fully saturated rings. The van der Waals surface area contributed by atoms with E-state index in [2.05, 4.69) is 25.8 Å². The first-order valence-electron chi connectivity index (χ1n) is 11.9. The number of piperazine rings is 1. The molecule has 0 spiro atoms. The van der Waals surface area contributed by atoms with Crippen LogP contribution in [0.3, 0.4) is 0 Å². The van der Waals surface area contributed by atoms with Crippen LogP contribution in [0.25, 0.3) is 16.8 Å². The topological polar surface area (TPSA) is 135 Å². The molecule has 0 radical (unpaired) electrons. The number of hydrogen-bond donors (Lipinski definition) is 1. The Labute approximate surface area is 204 Å². The fourth-order valence-electron chi connectivity index (χ4n) is 4.50. The van der Waals surface area contributed by atoms with Crippen LogP contribution in [0.2, 0.25) is 0 Å². The standard InChI is InChI=1S/C22H31N9O3S/c1-2-11-35(32,33)30-5-3-28(4-6-30)15-18-12-20-21(29-7-9-34-10-8-29)26-19(16-31(20)27-18)17-13-24-22(23)25-14-17/h12-14,16H,2-11,15H2,1H3,(H2,23,24,25). The van der Waals surface area contributed by atoms with Crippen molar-refractivity contribution in [2.45, 2.75) is 19.9 Å². The van der Waals surface area contributed by atoms with Crippen LogP contribution < -0.4 is 10.6 Å². The van der Waals surface area contributed by atoms with Gasteiger partial charge in [0.1, 0.15) is 5.52 Å². The van der Waals surface area contributed by atoms with Crippen LogP contribution in [-0.4, -0.2) is 100 Å². The number of nitrogens with two attached hydrogens (primary N) is 1. The lowest BCUT2D eigenvalue weighted by atomic mass is 10.2. The molecular formula is C22H31N9O3S. The summed E-state index contributed by atoms with van der Waals surface area (Å²) < 4.78 is 33.8. The number of aromatic nitrogens is 5. The molecular weight excluding hydrogens is 470 g/mol. The summed E-state index contributed by atoms with van der Waals surface area (Å²) in [4.78, 5) is 17.6. The fourth-order valence-corrected chi connectivity index (χ4v) is 6.00. The molecule has 0 atom stereocenters. The van der Waals surface area contributed by atoms with E-state index in [0.29, 0.717) is 58.1 Å². The Morgan fingerprint density at radius 3 is 2.46 bits per heavy atom. The molecule has 0 amide bonds. The molecule has 0 aliphatic carbocycles. The van der Waals surface area contributed by atoms with E-state index in [-0.39, 0.29) is 11.7 Å². The molecule has 0 saturated carbocycles. The van der Waals surface area contributed by atoms with E-state index in [1.54, 1.807) is 16.7 Å². The molecule has 0 aromatic carbocycles. The molecule has 5 rings (SSSR count). The first-order chi connectivity index (χ1) is 16.9. The molecule has 2 aliphatic rings. The molecule has 35 heavy (non-hydrogen) atoms. The van der Waals surface area contributed by atoms with Crippen LogP contribution in [0.5, 0.6) is 0 Å². The first-order valence-corrected chi connectivity index (χ1v) is 13.5. The van der Waals surface area contributed by atoms with Gasteiger partial charge >= 0.3 is 0 Å². The van der Waals surface area contributed by atoms with Gasteiger partial charge in [0.05, 0.1) is 36.6 Å². The van der Waals surface area contributed by atoms with E-state index in [1.165, 1.54) is 0 Å². The average molecular weight is 502 g/mol. The van der Waals surface area contributed by atoms with Gasteiger partial charge in [-0.3, -0.25) is 4.90 Å². The Hall–Kier alpha value is -2.87. The number of anilines is 2. The van der Waals surface area contributed by atoms with Crippen molar-refractivity contribution in [3.63, 3.8) is 0 Å². The summed E-state index contributed by atoms with van der Waals surface area (Å²) in [6, 6.07) is 2.07. The van der Waals surface area contributed by atoms with Crippen LogP contribution in [0.4, 0.5) is 11.8 Å². The minimum absolute atomic E-state index is 0.206. The van der Waals surface area contributed by atoms with Gasteiger partial charge in [-0.2, -0.15) is 9.40 Å². The first kappa shape index (κ1) is 23.9. The molecule has 3 aromatic heterocycles. The number of morpholine rings is 1. The number of ether oxygens (including phenoxy) is 1. The monoisotopic (exact) mass is 501 g/mol. The van der Waals surface area contributed by atoms with E-state index in [1.807, 2.05) is 17.6 Å². The Morgan fingerprint density at radius 1 is 1.06 bits per heavy atom. The Morgan fingerprint density at radius 2 is 1.77 bits per heavy atom. The smallest absolute Gasteiger partial charge is 0.219 e. The summed E-state index contributed by atoms with van der Waals surface area (Å²) in [5.74, 6) is 1.27. The SMILES string of the molecule is CCCS(=O)(=O)N1CCN(Cc2cc3c(N4CCOCC4)nc(-c4cnc(N)nc4)cn3n2)CC1. The van der Waals surface area contributed by atoms with Gasteiger partial charge in [-0.1, -0.05) is 6.92 Å². The van der Waals surface area contributed by atoms with Gasteiger partial charge < -0.3 is 15.4 Å². The Kier molecular flexibility index (Phi) is 6.82. The van der Waals surface area contributed by atoms with E-state index < -0.39 is 10.0 Å². The van der Waals surface area contributed by atoms with Crippen LogP contribution in [-0.2, 0) is 21.3 Å². The van der Waals surface area contributed by atoms with E-state index in [0.717, 1.165) is 35.7 Å². The number of fused-ring (bicyclic) bond motifs is 1. The highest BCUT2D eigenvalue weighted by molar-refractivity contribution is 7.89. The minimum Gasteiger partial charge on any atom is -0.378 e. The van der Waals surface area contributed by atoms with Gasteiger partial charge in [0, 0.05) is 63.8 Å². The summed E-state index contributed by atoms with van der Waals surface area (Å²) in [6.45, 7) is 7.71. The van der Waals surface area contributed by atoms with Gasteiger partial charge in [-0.05, 0) is 12.5 Å². The van der Waals surface area contributed by atoms with Crippen molar-refractivity contribution in [1.82, 2.24) is 33.8 Å². The van der Waals surface area contributed by atoms with E-state index in [4.69, 9.17) is 20.6 Å². The predicted molar refractivity (Wildman–Crippen MR) is 132 cm³/mol. The van der Waals surface area contributed by atoms with E-state index in [9.17, 15) is 8.42 Å².